The first-order valence-corrected chi connectivity index (χ1v) is 8.11. The summed E-state index contributed by atoms with van der Waals surface area (Å²) in [7, 11) is 0. The van der Waals surface area contributed by atoms with E-state index in [-0.39, 0.29) is 17.8 Å². The number of Topliss-reactive ketones (excluding diaryl/α,β-unsaturated/α-hetero) is 1. The van der Waals surface area contributed by atoms with Crippen LogP contribution < -0.4 is 9.64 Å². The van der Waals surface area contributed by atoms with E-state index in [1.54, 1.807) is 39.0 Å². The van der Waals surface area contributed by atoms with Crippen molar-refractivity contribution in [3.63, 3.8) is 0 Å². The highest BCUT2D eigenvalue weighted by Crippen LogP contribution is 2.37. The van der Waals surface area contributed by atoms with Gasteiger partial charge >= 0.3 is 5.97 Å². The lowest BCUT2D eigenvalue weighted by Gasteiger charge is -2.37. The molecule has 0 aromatic heterocycles. The Hall–Kier alpha value is -2.37. The Bertz CT molecular complexity index is 667. The van der Waals surface area contributed by atoms with E-state index in [0.29, 0.717) is 23.4 Å². The number of amides is 1. The van der Waals surface area contributed by atoms with Crippen molar-refractivity contribution >= 4 is 23.3 Å². The van der Waals surface area contributed by atoms with Crippen molar-refractivity contribution in [2.45, 2.75) is 59.3 Å². The first-order valence-electron chi connectivity index (χ1n) is 8.11. The third-order valence-corrected chi connectivity index (χ3v) is 3.84. The number of ether oxygens (including phenoxy) is 2. The summed E-state index contributed by atoms with van der Waals surface area (Å²) in [6.07, 6.45) is -0.585. The van der Waals surface area contributed by atoms with Crippen molar-refractivity contribution in [3.8, 4) is 5.75 Å². The molecular weight excluding hydrogens is 310 g/mol. The first-order chi connectivity index (χ1) is 11.3. The number of nitrogens with zero attached hydrogens (tertiary/aromatic N) is 1. The average molecular weight is 333 g/mol. The summed E-state index contributed by atoms with van der Waals surface area (Å²) in [6, 6.07) is 4.14. The van der Waals surface area contributed by atoms with Crippen LogP contribution >= 0.6 is 0 Å². The van der Waals surface area contributed by atoms with Gasteiger partial charge in [-0.3, -0.25) is 14.5 Å². The number of benzene rings is 1. The second-order valence-electron chi connectivity index (χ2n) is 6.12. The summed E-state index contributed by atoms with van der Waals surface area (Å²) in [4.78, 5) is 38.2. The molecule has 24 heavy (non-hydrogen) atoms. The Balaban J connectivity index is 2.51. The number of fused-ring (bicyclic) bond motifs is 1. The van der Waals surface area contributed by atoms with Crippen LogP contribution in [-0.2, 0) is 14.3 Å². The SMILES string of the molecule is CCC(C(=O)OC(C)C)N1C(=O)C(C)Oc2ccc(C(C)=O)cc21. The highest BCUT2D eigenvalue weighted by Gasteiger charge is 2.39. The number of hydrogen-bond acceptors (Lipinski definition) is 5. The normalized spacial score (nSPS) is 18.0. The predicted molar refractivity (Wildman–Crippen MR) is 89.3 cm³/mol. The van der Waals surface area contributed by atoms with E-state index in [1.807, 2.05) is 6.92 Å². The van der Waals surface area contributed by atoms with Crippen molar-refractivity contribution < 1.29 is 23.9 Å². The minimum atomic E-state index is -0.757. The van der Waals surface area contributed by atoms with Gasteiger partial charge in [-0.1, -0.05) is 6.92 Å². The van der Waals surface area contributed by atoms with Crippen molar-refractivity contribution in [1.29, 1.82) is 0 Å². The summed E-state index contributed by atoms with van der Waals surface area (Å²) in [5.74, 6) is -0.436. The number of anilines is 1. The van der Waals surface area contributed by atoms with Crippen LogP contribution in [0.25, 0.3) is 0 Å². The van der Waals surface area contributed by atoms with E-state index in [9.17, 15) is 14.4 Å². The van der Waals surface area contributed by atoms with E-state index >= 15 is 0 Å². The molecule has 1 aromatic carbocycles. The Morgan fingerprint density at radius 1 is 1.33 bits per heavy atom. The zero-order valence-corrected chi connectivity index (χ0v) is 14.7. The summed E-state index contributed by atoms with van der Waals surface area (Å²) >= 11 is 0. The molecule has 1 amide bonds. The molecule has 0 aliphatic carbocycles. The standard InChI is InChI=1S/C18H23NO5/c1-6-14(18(22)23-10(2)3)19-15-9-13(11(4)20)7-8-16(15)24-12(5)17(19)21/h7-10,12,14H,6H2,1-5H3. The predicted octanol–water partition coefficient (Wildman–Crippen LogP) is 2.73. The van der Waals surface area contributed by atoms with Gasteiger partial charge in [0.2, 0.25) is 0 Å². The molecular formula is C18H23NO5. The fraction of sp³-hybridized carbons (Fsp3) is 0.500. The van der Waals surface area contributed by atoms with E-state index < -0.39 is 18.1 Å². The number of carbonyl (C=O) groups excluding carboxylic acids is 3. The second-order valence-corrected chi connectivity index (χ2v) is 6.12. The summed E-state index contributed by atoms with van der Waals surface area (Å²) in [5.41, 5.74) is 0.884. The first kappa shape index (κ1) is 18.0. The van der Waals surface area contributed by atoms with Crippen LogP contribution in [0.5, 0.6) is 5.75 Å². The molecule has 6 nitrogen and oxygen atoms in total. The van der Waals surface area contributed by atoms with Crippen LogP contribution in [0, 0.1) is 0 Å². The molecule has 2 unspecified atom stereocenters. The third kappa shape index (κ3) is 3.42. The van der Waals surface area contributed by atoms with E-state index in [0.717, 1.165) is 0 Å². The summed E-state index contributed by atoms with van der Waals surface area (Å²) in [5, 5.41) is 0. The van der Waals surface area contributed by atoms with Crippen molar-refractivity contribution in [2.75, 3.05) is 4.90 Å². The van der Waals surface area contributed by atoms with Crippen LogP contribution in [0.4, 0.5) is 5.69 Å². The number of carbonyl (C=O) groups is 3. The lowest BCUT2D eigenvalue weighted by molar-refractivity contribution is -0.150. The van der Waals surface area contributed by atoms with Gasteiger partial charge in [0.1, 0.15) is 11.8 Å². The smallest absolute Gasteiger partial charge is 0.329 e. The second kappa shape index (κ2) is 7.03. The fourth-order valence-electron chi connectivity index (χ4n) is 2.67. The van der Waals surface area contributed by atoms with Crippen LogP contribution in [0.15, 0.2) is 18.2 Å². The molecule has 0 saturated heterocycles. The third-order valence-electron chi connectivity index (χ3n) is 3.84. The highest BCUT2D eigenvalue weighted by atomic mass is 16.5. The molecule has 1 aliphatic rings. The Kier molecular flexibility index (Phi) is 5.26. The van der Waals surface area contributed by atoms with Gasteiger partial charge in [0.15, 0.2) is 11.9 Å². The van der Waals surface area contributed by atoms with Gasteiger partial charge in [0.05, 0.1) is 11.8 Å². The van der Waals surface area contributed by atoms with Crippen molar-refractivity contribution in [3.05, 3.63) is 23.8 Å². The summed E-state index contributed by atoms with van der Waals surface area (Å²) in [6.45, 7) is 8.42. The topological polar surface area (TPSA) is 72.9 Å². The van der Waals surface area contributed by atoms with Gasteiger partial charge in [-0.05, 0) is 52.3 Å². The van der Waals surface area contributed by atoms with Crippen LogP contribution in [0.2, 0.25) is 0 Å². The molecule has 2 atom stereocenters. The minimum Gasteiger partial charge on any atom is -0.479 e. The Morgan fingerprint density at radius 3 is 2.54 bits per heavy atom. The molecule has 1 aliphatic heterocycles. The number of esters is 1. The maximum atomic E-state index is 12.7. The molecule has 1 heterocycles. The van der Waals surface area contributed by atoms with E-state index in [2.05, 4.69) is 0 Å². The van der Waals surface area contributed by atoms with Crippen LogP contribution in [-0.4, -0.2) is 35.9 Å². The largest absolute Gasteiger partial charge is 0.479 e. The van der Waals surface area contributed by atoms with Gasteiger partial charge in [-0.2, -0.15) is 0 Å². The molecule has 1 aromatic rings. The van der Waals surface area contributed by atoms with Crippen molar-refractivity contribution in [1.82, 2.24) is 0 Å². The van der Waals surface area contributed by atoms with Crippen LogP contribution in [0.1, 0.15) is 51.4 Å². The highest BCUT2D eigenvalue weighted by molar-refractivity contribution is 6.06. The van der Waals surface area contributed by atoms with E-state index in [1.165, 1.54) is 11.8 Å². The van der Waals surface area contributed by atoms with Gasteiger partial charge in [-0.15, -0.1) is 0 Å². The molecule has 0 N–H and O–H groups in total. The molecule has 130 valence electrons. The fourth-order valence-corrected chi connectivity index (χ4v) is 2.67. The zero-order chi connectivity index (χ0) is 18.0. The summed E-state index contributed by atoms with van der Waals surface area (Å²) < 4.78 is 10.9. The Labute approximate surface area is 141 Å². The minimum absolute atomic E-state index is 0.123. The number of rotatable bonds is 5. The lowest BCUT2D eigenvalue weighted by Crippen LogP contribution is -2.53. The Morgan fingerprint density at radius 2 is 2.00 bits per heavy atom. The lowest BCUT2D eigenvalue weighted by atomic mass is 10.0. The number of hydrogen-bond donors (Lipinski definition) is 0. The molecule has 6 heteroatoms. The van der Waals surface area contributed by atoms with Gasteiger partial charge in [0.25, 0.3) is 5.91 Å². The maximum absolute atomic E-state index is 12.7. The molecule has 0 saturated carbocycles. The van der Waals surface area contributed by atoms with Gasteiger partial charge in [0, 0.05) is 5.56 Å². The average Bonchev–Trinajstić information content (AvgIpc) is 2.50. The van der Waals surface area contributed by atoms with Gasteiger partial charge in [-0.25, -0.2) is 4.79 Å². The van der Waals surface area contributed by atoms with E-state index in [4.69, 9.17) is 9.47 Å². The molecule has 2 rings (SSSR count). The quantitative estimate of drug-likeness (QED) is 0.612. The van der Waals surface area contributed by atoms with Crippen LogP contribution in [0.3, 0.4) is 0 Å². The zero-order valence-electron chi connectivity index (χ0n) is 14.7. The molecule has 0 bridgehead atoms. The monoisotopic (exact) mass is 333 g/mol. The molecule has 0 fully saturated rings. The molecule has 0 radical (unpaired) electrons. The molecule has 0 spiro atoms. The number of ketones is 1. The maximum Gasteiger partial charge on any atom is 0.329 e. The van der Waals surface area contributed by atoms with Crippen molar-refractivity contribution in [2.24, 2.45) is 0 Å². The van der Waals surface area contributed by atoms with Gasteiger partial charge < -0.3 is 9.47 Å².